The lowest BCUT2D eigenvalue weighted by atomic mass is 9.93. The Morgan fingerprint density at radius 1 is 0.774 bits per heavy atom. The van der Waals surface area contributed by atoms with Crippen LogP contribution in [0, 0.1) is 0 Å². The van der Waals surface area contributed by atoms with E-state index in [9.17, 15) is 9.46 Å². The zero-order valence-corrected chi connectivity index (χ0v) is 21.6. The summed E-state index contributed by atoms with van der Waals surface area (Å²) in [6.07, 6.45) is 23.6. The van der Waals surface area contributed by atoms with E-state index in [1.165, 1.54) is 96.3 Å². The quantitative estimate of drug-likeness (QED) is 0.142. The van der Waals surface area contributed by atoms with Crippen molar-refractivity contribution in [3.8, 4) is 0 Å². The van der Waals surface area contributed by atoms with Gasteiger partial charge in [0.2, 0.25) is 0 Å². The molecular weight excluding hydrogens is 409 g/mol. The van der Waals surface area contributed by atoms with Crippen molar-refractivity contribution in [3.63, 3.8) is 0 Å². The minimum atomic E-state index is -3.92. The van der Waals surface area contributed by atoms with Gasteiger partial charge in [0.1, 0.15) is 0 Å². The van der Waals surface area contributed by atoms with E-state index < -0.39 is 7.82 Å². The predicted molar refractivity (Wildman–Crippen MR) is 132 cm³/mol. The average Bonchev–Trinajstić information content (AvgIpc) is 2.95. The monoisotopic (exact) mass is 461 g/mol. The van der Waals surface area contributed by atoms with Gasteiger partial charge in [-0.15, -0.1) is 0 Å². The smallest absolute Gasteiger partial charge is 0.311 e. The molecule has 5 nitrogen and oxygen atoms in total. The number of unbranched alkanes of at least 4 members (excludes halogenated alkanes) is 13. The minimum Gasteiger partial charge on any atom is -0.311 e. The lowest BCUT2D eigenvalue weighted by Crippen LogP contribution is -2.42. The van der Waals surface area contributed by atoms with Gasteiger partial charge in [-0.3, -0.25) is 9.05 Å². The van der Waals surface area contributed by atoms with Crippen LogP contribution < -0.4 is 5.32 Å². The Morgan fingerprint density at radius 2 is 1.29 bits per heavy atom. The summed E-state index contributed by atoms with van der Waals surface area (Å²) in [5.41, 5.74) is 0.00509. The van der Waals surface area contributed by atoms with Gasteiger partial charge >= 0.3 is 7.82 Å². The lowest BCUT2D eigenvalue weighted by molar-refractivity contribution is 0.133. The Bertz CT molecular complexity index is 453. The van der Waals surface area contributed by atoms with E-state index in [-0.39, 0.29) is 12.1 Å². The summed E-state index contributed by atoms with van der Waals surface area (Å²) >= 11 is 0. The summed E-state index contributed by atoms with van der Waals surface area (Å²) in [6.45, 7) is 6.03. The molecule has 1 heterocycles. The molecule has 6 heteroatoms. The van der Waals surface area contributed by atoms with Crippen molar-refractivity contribution in [2.75, 3.05) is 19.8 Å². The van der Waals surface area contributed by atoms with Crippen molar-refractivity contribution in [2.24, 2.45) is 0 Å². The van der Waals surface area contributed by atoms with Gasteiger partial charge < -0.3 is 10.2 Å². The number of phosphoric acid groups is 1. The maximum Gasteiger partial charge on any atom is 0.472 e. The Balaban J connectivity index is 1.89. The molecule has 1 aliphatic rings. The van der Waals surface area contributed by atoms with Gasteiger partial charge in [0.05, 0.1) is 13.2 Å². The van der Waals surface area contributed by atoms with Crippen LogP contribution in [0.5, 0.6) is 0 Å². The molecule has 1 saturated heterocycles. The van der Waals surface area contributed by atoms with Gasteiger partial charge in [0, 0.05) is 5.54 Å². The van der Waals surface area contributed by atoms with Crippen LogP contribution in [0.3, 0.4) is 0 Å². The van der Waals surface area contributed by atoms with Crippen LogP contribution in [-0.2, 0) is 13.6 Å². The molecule has 0 radical (unpaired) electrons. The van der Waals surface area contributed by atoms with Crippen LogP contribution in [0.15, 0.2) is 0 Å². The molecule has 2 unspecified atom stereocenters. The van der Waals surface area contributed by atoms with Crippen LogP contribution in [-0.4, -0.2) is 30.2 Å². The van der Waals surface area contributed by atoms with Crippen LogP contribution in [0.1, 0.15) is 136 Å². The van der Waals surface area contributed by atoms with Crippen LogP contribution in [0.4, 0.5) is 0 Å². The van der Waals surface area contributed by atoms with Crippen LogP contribution in [0.2, 0.25) is 0 Å². The van der Waals surface area contributed by atoms with Crippen molar-refractivity contribution in [1.82, 2.24) is 5.32 Å². The van der Waals surface area contributed by atoms with Gasteiger partial charge in [-0.2, -0.15) is 0 Å². The first kappa shape index (κ1) is 29.1. The molecule has 0 saturated carbocycles. The van der Waals surface area contributed by atoms with E-state index in [4.69, 9.17) is 9.05 Å². The molecular formula is C25H52NO4P. The molecule has 1 fully saturated rings. The molecule has 2 atom stereocenters. The van der Waals surface area contributed by atoms with E-state index in [2.05, 4.69) is 19.2 Å². The first-order chi connectivity index (χ1) is 15.0. The van der Waals surface area contributed by atoms with Crippen LogP contribution in [0.25, 0.3) is 0 Å². The molecule has 0 aliphatic carbocycles. The van der Waals surface area contributed by atoms with Crippen LogP contribution >= 0.6 is 7.82 Å². The molecule has 0 amide bonds. The third kappa shape index (κ3) is 17.2. The Labute approximate surface area is 193 Å². The number of phosphoric ester groups is 1. The molecule has 0 spiro atoms. The van der Waals surface area contributed by atoms with E-state index in [0.717, 1.165) is 32.2 Å². The fraction of sp³-hybridized carbons (Fsp3) is 1.00. The first-order valence-corrected chi connectivity index (χ1v) is 14.8. The molecule has 31 heavy (non-hydrogen) atoms. The maximum atomic E-state index is 12.1. The predicted octanol–water partition coefficient (Wildman–Crippen LogP) is 7.91. The van der Waals surface area contributed by atoms with Crippen molar-refractivity contribution in [2.45, 2.75) is 141 Å². The average molecular weight is 462 g/mol. The lowest BCUT2D eigenvalue weighted by Gasteiger charge is -2.29. The maximum absolute atomic E-state index is 12.1. The summed E-state index contributed by atoms with van der Waals surface area (Å²) in [6, 6.07) is 0. The van der Waals surface area contributed by atoms with E-state index >= 15 is 0 Å². The highest BCUT2D eigenvalue weighted by Gasteiger charge is 2.27. The third-order valence-electron chi connectivity index (χ3n) is 6.62. The second kappa shape index (κ2) is 18.5. The van der Waals surface area contributed by atoms with E-state index in [1.54, 1.807) is 0 Å². The standard InChI is InChI=1S/C25H52NO4P/c1-3-4-5-6-7-8-9-10-11-12-13-14-15-19-23-29-31(27,28)30-24-21-25(2)20-17-16-18-22-26-25/h26H,3-24H2,1-2H3,(H,27,28). The molecule has 0 aromatic carbocycles. The molecule has 0 aromatic heterocycles. The fourth-order valence-electron chi connectivity index (χ4n) is 4.41. The van der Waals surface area contributed by atoms with Gasteiger partial charge in [0.15, 0.2) is 0 Å². The number of rotatable bonds is 20. The fourth-order valence-corrected chi connectivity index (χ4v) is 5.17. The summed E-state index contributed by atoms with van der Waals surface area (Å²) in [5.74, 6) is 0. The topological polar surface area (TPSA) is 67.8 Å². The molecule has 0 aromatic rings. The van der Waals surface area contributed by atoms with Gasteiger partial charge in [-0.25, -0.2) is 4.57 Å². The largest absolute Gasteiger partial charge is 0.472 e. The van der Waals surface area contributed by atoms with Gasteiger partial charge in [-0.1, -0.05) is 103 Å². The van der Waals surface area contributed by atoms with E-state index in [0.29, 0.717) is 6.61 Å². The second-order valence-electron chi connectivity index (χ2n) is 9.78. The zero-order valence-electron chi connectivity index (χ0n) is 20.7. The summed E-state index contributed by atoms with van der Waals surface area (Å²) in [7, 11) is -3.92. The highest BCUT2D eigenvalue weighted by atomic mass is 31.2. The minimum absolute atomic E-state index is 0.00509. The number of nitrogens with one attached hydrogen (secondary N) is 1. The van der Waals surface area contributed by atoms with Gasteiger partial charge in [0.25, 0.3) is 0 Å². The zero-order chi connectivity index (χ0) is 22.7. The molecule has 186 valence electrons. The van der Waals surface area contributed by atoms with Crippen molar-refractivity contribution in [1.29, 1.82) is 0 Å². The summed E-state index contributed by atoms with van der Waals surface area (Å²) in [4.78, 5) is 9.88. The van der Waals surface area contributed by atoms with E-state index in [1.807, 2.05) is 0 Å². The normalized spacial score (nSPS) is 21.6. The van der Waals surface area contributed by atoms with Crippen molar-refractivity contribution < 1.29 is 18.5 Å². The third-order valence-corrected chi connectivity index (χ3v) is 7.64. The number of hydrogen-bond donors (Lipinski definition) is 2. The molecule has 1 aliphatic heterocycles. The summed E-state index contributed by atoms with van der Waals surface area (Å²) < 4.78 is 22.4. The molecule has 1 rings (SSSR count). The highest BCUT2D eigenvalue weighted by molar-refractivity contribution is 7.47. The SMILES string of the molecule is CCCCCCCCCCCCCCCCOP(=O)(O)OCCC1(C)CCCCCN1. The Kier molecular flexibility index (Phi) is 17.4. The highest BCUT2D eigenvalue weighted by Crippen LogP contribution is 2.43. The summed E-state index contributed by atoms with van der Waals surface area (Å²) in [5, 5.41) is 3.55. The number of hydrogen-bond acceptors (Lipinski definition) is 4. The Morgan fingerprint density at radius 3 is 1.87 bits per heavy atom. The van der Waals surface area contributed by atoms with Crippen molar-refractivity contribution in [3.05, 3.63) is 0 Å². The van der Waals surface area contributed by atoms with Gasteiger partial charge in [-0.05, 0) is 39.2 Å². The Hall–Kier alpha value is 0.0700. The molecule has 0 bridgehead atoms. The molecule has 2 N–H and O–H groups in total. The second-order valence-corrected chi connectivity index (χ2v) is 11.2. The van der Waals surface area contributed by atoms with Crippen molar-refractivity contribution >= 4 is 7.82 Å². The first-order valence-electron chi connectivity index (χ1n) is 13.3.